The molecule has 1 fully saturated rings. The summed E-state index contributed by atoms with van der Waals surface area (Å²) in [4.78, 5) is 2.55. The molecule has 3 heteroatoms. The van der Waals surface area contributed by atoms with Gasteiger partial charge in [0.1, 0.15) is 0 Å². The van der Waals surface area contributed by atoms with Crippen molar-refractivity contribution in [3.05, 3.63) is 24.0 Å². The lowest BCUT2D eigenvalue weighted by Gasteiger charge is -2.14. The zero-order valence-corrected chi connectivity index (χ0v) is 9.58. The highest BCUT2D eigenvalue weighted by Crippen LogP contribution is 2.07. The highest BCUT2D eigenvalue weighted by molar-refractivity contribution is 5.09. The average Bonchev–Trinajstić information content (AvgIpc) is 2.85. The number of nitrogens with one attached hydrogen (secondary N) is 1. The van der Waals surface area contributed by atoms with Crippen molar-refractivity contribution in [1.82, 2.24) is 14.8 Å². The Balaban J connectivity index is 1.77. The van der Waals surface area contributed by atoms with E-state index in [4.69, 9.17) is 0 Å². The predicted molar refractivity (Wildman–Crippen MR) is 62.9 cm³/mol. The molecule has 0 bridgehead atoms. The number of nitrogens with zero attached hydrogens (tertiary/aromatic N) is 2. The SMILES string of the molecule is CNCc1ccn(CCN2CCCC2)c1. The fraction of sp³-hybridized carbons (Fsp3) is 0.667. The summed E-state index contributed by atoms with van der Waals surface area (Å²) in [6, 6.07) is 2.19. The van der Waals surface area contributed by atoms with Gasteiger partial charge in [0.25, 0.3) is 0 Å². The van der Waals surface area contributed by atoms with E-state index in [1.807, 2.05) is 7.05 Å². The Kier molecular flexibility index (Phi) is 3.80. The number of hydrogen-bond donors (Lipinski definition) is 1. The van der Waals surface area contributed by atoms with Crippen molar-refractivity contribution in [3.8, 4) is 0 Å². The molecule has 0 atom stereocenters. The molecule has 0 unspecified atom stereocenters. The minimum Gasteiger partial charge on any atom is -0.353 e. The molecular weight excluding hydrogens is 186 g/mol. The molecule has 1 aliphatic rings. The fourth-order valence-corrected chi connectivity index (χ4v) is 2.20. The Morgan fingerprint density at radius 2 is 2.07 bits per heavy atom. The van der Waals surface area contributed by atoms with Crippen LogP contribution in [-0.4, -0.2) is 36.1 Å². The van der Waals surface area contributed by atoms with Crippen molar-refractivity contribution in [2.45, 2.75) is 25.9 Å². The van der Waals surface area contributed by atoms with Crippen LogP contribution in [0.5, 0.6) is 0 Å². The van der Waals surface area contributed by atoms with E-state index in [1.54, 1.807) is 0 Å². The van der Waals surface area contributed by atoms with Gasteiger partial charge in [0.15, 0.2) is 0 Å². The topological polar surface area (TPSA) is 20.2 Å². The maximum atomic E-state index is 3.17. The van der Waals surface area contributed by atoms with Crippen LogP contribution < -0.4 is 5.32 Å². The van der Waals surface area contributed by atoms with Crippen molar-refractivity contribution < 1.29 is 0 Å². The van der Waals surface area contributed by atoms with Gasteiger partial charge in [0, 0.05) is 32.0 Å². The Morgan fingerprint density at radius 1 is 1.27 bits per heavy atom. The summed E-state index contributed by atoms with van der Waals surface area (Å²) in [5, 5.41) is 3.17. The van der Waals surface area contributed by atoms with Crippen molar-refractivity contribution in [2.24, 2.45) is 0 Å². The minimum atomic E-state index is 0.969. The first-order chi connectivity index (χ1) is 7.38. The summed E-state index contributed by atoms with van der Waals surface area (Å²) in [5.74, 6) is 0. The smallest absolute Gasteiger partial charge is 0.0347 e. The Hall–Kier alpha value is -0.800. The van der Waals surface area contributed by atoms with Gasteiger partial charge in [-0.15, -0.1) is 0 Å². The first-order valence-corrected chi connectivity index (χ1v) is 5.90. The summed E-state index contributed by atoms with van der Waals surface area (Å²) >= 11 is 0. The Labute approximate surface area is 92.1 Å². The van der Waals surface area contributed by atoms with Gasteiger partial charge >= 0.3 is 0 Å². The molecule has 3 nitrogen and oxygen atoms in total. The second-order valence-electron chi connectivity index (χ2n) is 4.34. The van der Waals surface area contributed by atoms with Gasteiger partial charge < -0.3 is 14.8 Å². The van der Waals surface area contributed by atoms with Gasteiger partial charge in [0.05, 0.1) is 0 Å². The zero-order valence-electron chi connectivity index (χ0n) is 9.58. The monoisotopic (exact) mass is 207 g/mol. The van der Waals surface area contributed by atoms with Crippen LogP contribution in [0, 0.1) is 0 Å². The third-order valence-electron chi connectivity index (χ3n) is 3.07. The van der Waals surface area contributed by atoms with Crippen molar-refractivity contribution >= 4 is 0 Å². The van der Waals surface area contributed by atoms with Gasteiger partial charge in [-0.05, 0) is 44.6 Å². The van der Waals surface area contributed by atoms with E-state index in [2.05, 4.69) is 33.2 Å². The van der Waals surface area contributed by atoms with Crippen LogP contribution >= 0.6 is 0 Å². The second-order valence-corrected chi connectivity index (χ2v) is 4.34. The standard InChI is InChI=1S/C12H21N3/c1-13-10-12-4-7-15(11-12)9-8-14-5-2-3-6-14/h4,7,11,13H,2-3,5-6,8-10H2,1H3. The van der Waals surface area contributed by atoms with Gasteiger partial charge in [0.2, 0.25) is 0 Å². The number of hydrogen-bond acceptors (Lipinski definition) is 2. The van der Waals surface area contributed by atoms with Crippen molar-refractivity contribution in [2.75, 3.05) is 26.7 Å². The molecule has 1 saturated heterocycles. The zero-order chi connectivity index (χ0) is 10.5. The second kappa shape index (κ2) is 5.33. The molecule has 84 valence electrons. The van der Waals surface area contributed by atoms with E-state index in [-0.39, 0.29) is 0 Å². The highest BCUT2D eigenvalue weighted by atomic mass is 15.2. The van der Waals surface area contributed by atoms with E-state index >= 15 is 0 Å². The molecule has 1 aliphatic heterocycles. The maximum Gasteiger partial charge on any atom is 0.0347 e. The maximum absolute atomic E-state index is 3.17. The number of likely N-dealkylation sites (tertiary alicyclic amines) is 1. The largest absolute Gasteiger partial charge is 0.353 e. The van der Waals surface area contributed by atoms with Crippen LogP contribution in [0.2, 0.25) is 0 Å². The molecule has 0 aliphatic carbocycles. The molecule has 0 aromatic carbocycles. The summed E-state index contributed by atoms with van der Waals surface area (Å²) in [6.45, 7) is 5.89. The summed E-state index contributed by atoms with van der Waals surface area (Å²) in [7, 11) is 1.99. The van der Waals surface area contributed by atoms with E-state index in [0.717, 1.165) is 13.1 Å². The lowest BCUT2D eigenvalue weighted by Crippen LogP contribution is -2.23. The highest BCUT2D eigenvalue weighted by Gasteiger charge is 2.10. The molecule has 2 rings (SSSR count). The minimum absolute atomic E-state index is 0.969. The van der Waals surface area contributed by atoms with E-state index in [1.165, 1.54) is 38.0 Å². The van der Waals surface area contributed by atoms with E-state index in [0.29, 0.717) is 0 Å². The van der Waals surface area contributed by atoms with Crippen LogP contribution in [0.4, 0.5) is 0 Å². The van der Waals surface area contributed by atoms with Gasteiger partial charge in [-0.2, -0.15) is 0 Å². The third kappa shape index (κ3) is 3.08. The first kappa shape index (κ1) is 10.7. The molecule has 1 aromatic heterocycles. The molecular formula is C12H21N3. The summed E-state index contributed by atoms with van der Waals surface area (Å²) in [6.07, 6.45) is 7.20. The van der Waals surface area contributed by atoms with Crippen molar-refractivity contribution in [1.29, 1.82) is 0 Å². The van der Waals surface area contributed by atoms with E-state index < -0.39 is 0 Å². The quantitative estimate of drug-likeness (QED) is 0.785. The van der Waals surface area contributed by atoms with Crippen LogP contribution in [0.25, 0.3) is 0 Å². The van der Waals surface area contributed by atoms with Crippen LogP contribution in [0.1, 0.15) is 18.4 Å². The molecule has 1 aromatic rings. The fourth-order valence-electron chi connectivity index (χ4n) is 2.20. The Morgan fingerprint density at radius 3 is 2.80 bits per heavy atom. The molecule has 15 heavy (non-hydrogen) atoms. The number of rotatable bonds is 5. The summed E-state index contributed by atoms with van der Waals surface area (Å²) < 4.78 is 2.30. The van der Waals surface area contributed by atoms with Crippen LogP contribution in [-0.2, 0) is 13.1 Å². The Bertz CT molecular complexity index is 287. The lowest BCUT2D eigenvalue weighted by atomic mass is 10.3. The van der Waals surface area contributed by atoms with Gasteiger partial charge in [-0.1, -0.05) is 0 Å². The van der Waals surface area contributed by atoms with Gasteiger partial charge in [-0.25, -0.2) is 0 Å². The molecule has 0 saturated carbocycles. The normalized spacial score (nSPS) is 17.4. The molecule has 0 amide bonds. The van der Waals surface area contributed by atoms with Gasteiger partial charge in [-0.3, -0.25) is 0 Å². The van der Waals surface area contributed by atoms with Crippen LogP contribution in [0.15, 0.2) is 18.5 Å². The van der Waals surface area contributed by atoms with Crippen LogP contribution in [0.3, 0.4) is 0 Å². The molecule has 2 heterocycles. The van der Waals surface area contributed by atoms with Crippen molar-refractivity contribution in [3.63, 3.8) is 0 Å². The third-order valence-corrected chi connectivity index (χ3v) is 3.07. The van der Waals surface area contributed by atoms with E-state index in [9.17, 15) is 0 Å². The molecule has 0 radical (unpaired) electrons. The number of aromatic nitrogens is 1. The average molecular weight is 207 g/mol. The summed E-state index contributed by atoms with van der Waals surface area (Å²) in [5.41, 5.74) is 1.37. The predicted octanol–water partition coefficient (Wildman–Crippen LogP) is 1.30. The molecule has 0 spiro atoms. The lowest BCUT2D eigenvalue weighted by molar-refractivity contribution is 0.322. The first-order valence-electron chi connectivity index (χ1n) is 5.90. The molecule has 1 N–H and O–H groups in total.